The molecule has 5 aromatic carbocycles. The summed E-state index contributed by atoms with van der Waals surface area (Å²) in [5.41, 5.74) is 0.126. The zero-order valence-electron chi connectivity index (χ0n) is 28.9. The van der Waals surface area contributed by atoms with E-state index >= 15 is 0 Å². The summed E-state index contributed by atoms with van der Waals surface area (Å²) in [6.07, 6.45) is 6.03. The van der Waals surface area contributed by atoms with E-state index in [0.29, 0.717) is 47.2 Å². The van der Waals surface area contributed by atoms with E-state index in [0.717, 1.165) is 44.2 Å². The molecule has 0 heterocycles. The standard InChI is InChI=1S/C43H33F5N2O4/c44-36-22-31(23-37(45)35(36)26-50)43-39(47)20-30(21-40(43)48)28-14-16-32(17-15-28)53-41(51)8-6-4-2-1-3-5-7-9-42(52)54-33-18-19-34(38(46)24-33)29-12-10-27(25-49)11-13-29/h10-24H,1-9H2. The molecule has 274 valence electrons. The van der Waals surface area contributed by atoms with E-state index in [1.54, 1.807) is 24.3 Å². The Labute approximate surface area is 309 Å². The average molecular weight is 737 g/mol. The van der Waals surface area contributed by atoms with Crippen LogP contribution >= 0.6 is 0 Å². The molecule has 0 spiro atoms. The van der Waals surface area contributed by atoms with Crippen molar-refractivity contribution in [3.8, 4) is 57.0 Å². The van der Waals surface area contributed by atoms with Crippen LogP contribution in [0.15, 0.2) is 91.0 Å². The molecule has 54 heavy (non-hydrogen) atoms. The lowest BCUT2D eigenvalue weighted by Crippen LogP contribution is -2.08. The van der Waals surface area contributed by atoms with Crippen LogP contribution in [0.1, 0.15) is 68.9 Å². The topological polar surface area (TPSA) is 100 Å². The third-order valence-corrected chi connectivity index (χ3v) is 8.66. The van der Waals surface area contributed by atoms with Gasteiger partial charge in [-0.05, 0) is 95.8 Å². The summed E-state index contributed by atoms with van der Waals surface area (Å²) in [4.78, 5) is 24.6. The van der Waals surface area contributed by atoms with Gasteiger partial charge in [-0.2, -0.15) is 10.5 Å². The molecule has 0 amide bonds. The normalized spacial score (nSPS) is 10.7. The number of nitriles is 2. The van der Waals surface area contributed by atoms with Gasteiger partial charge in [0, 0.05) is 24.5 Å². The Hall–Kier alpha value is -6.33. The lowest BCUT2D eigenvalue weighted by molar-refractivity contribution is -0.135. The van der Waals surface area contributed by atoms with Gasteiger partial charge in [0.05, 0.1) is 17.2 Å². The minimum Gasteiger partial charge on any atom is -0.427 e. The molecular weight excluding hydrogens is 703 g/mol. The number of carbonyl (C=O) groups is 2. The molecule has 0 radical (unpaired) electrons. The molecule has 5 aromatic rings. The van der Waals surface area contributed by atoms with Gasteiger partial charge in [-0.1, -0.05) is 56.4 Å². The van der Waals surface area contributed by atoms with Crippen LogP contribution in [-0.2, 0) is 9.59 Å². The number of ether oxygens (including phenoxy) is 2. The molecule has 11 heteroatoms. The van der Waals surface area contributed by atoms with Gasteiger partial charge in [-0.15, -0.1) is 0 Å². The lowest BCUT2D eigenvalue weighted by atomic mass is 9.97. The molecule has 0 fully saturated rings. The number of carbonyl (C=O) groups excluding carboxylic acids is 2. The molecule has 0 saturated carbocycles. The van der Waals surface area contributed by atoms with Gasteiger partial charge < -0.3 is 9.47 Å². The monoisotopic (exact) mass is 736 g/mol. The van der Waals surface area contributed by atoms with E-state index in [-0.39, 0.29) is 35.5 Å². The van der Waals surface area contributed by atoms with Crippen LogP contribution in [-0.4, -0.2) is 11.9 Å². The van der Waals surface area contributed by atoms with E-state index in [4.69, 9.17) is 20.0 Å². The predicted octanol–water partition coefficient (Wildman–Crippen LogP) is 11.1. The predicted molar refractivity (Wildman–Crippen MR) is 191 cm³/mol. The van der Waals surface area contributed by atoms with Crippen LogP contribution in [0.25, 0.3) is 33.4 Å². The first-order valence-corrected chi connectivity index (χ1v) is 17.3. The van der Waals surface area contributed by atoms with E-state index in [1.165, 1.54) is 48.5 Å². The van der Waals surface area contributed by atoms with E-state index in [9.17, 15) is 31.5 Å². The molecule has 5 rings (SSSR count). The van der Waals surface area contributed by atoms with Gasteiger partial charge in [-0.25, -0.2) is 22.0 Å². The molecule has 0 aromatic heterocycles. The summed E-state index contributed by atoms with van der Waals surface area (Å²) in [6.45, 7) is 0. The third-order valence-electron chi connectivity index (χ3n) is 8.66. The summed E-state index contributed by atoms with van der Waals surface area (Å²) >= 11 is 0. The highest BCUT2D eigenvalue weighted by atomic mass is 19.1. The highest BCUT2D eigenvalue weighted by Crippen LogP contribution is 2.33. The molecule has 6 nitrogen and oxygen atoms in total. The summed E-state index contributed by atoms with van der Waals surface area (Å²) in [6, 6.07) is 23.6. The largest absolute Gasteiger partial charge is 0.427 e. The molecule has 0 atom stereocenters. The van der Waals surface area contributed by atoms with E-state index in [2.05, 4.69) is 0 Å². The molecule has 0 aliphatic heterocycles. The van der Waals surface area contributed by atoms with Gasteiger partial charge in [-0.3, -0.25) is 9.59 Å². The number of hydrogen-bond donors (Lipinski definition) is 0. The first-order chi connectivity index (χ1) is 26.1. The van der Waals surface area contributed by atoms with Gasteiger partial charge in [0.15, 0.2) is 0 Å². The summed E-state index contributed by atoms with van der Waals surface area (Å²) in [7, 11) is 0. The summed E-state index contributed by atoms with van der Waals surface area (Å²) < 4.78 is 83.3. The minimum atomic E-state index is -1.23. The fourth-order valence-electron chi connectivity index (χ4n) is 5.86. The van der Waals surface area contributed by atoms with Gasteiger partial charge >= 0.3 is 11.9 Å². The summed E-state index contributed by atoms with van der Waals surface area (Å²) in [5.74, 6) is -5.57. The molecule has 0 aliphatic carbocycles. The Morgan fingerprint density at radius 3 is 1.48 bits per heavy atom. The minimum absolute atomic E-state index is 0.128. The van der Waals surface area contributed by atoms with Gasteiger partial charge in [0.2, 0.25) is 0 Å². The van der Waals surface area contributed by atoms with Crippen LogP contribution in [0.2, 0.25) is 0 Å². The maximum Gasteiger partial charge on any atom is 0.311 e. The number of rotatable bonds is 15. The SMILES string of the molecule is N#Cc1ccc(-c2ccc(OC(=O)CCCCCCCCCC(=O)Oc3ccc(-c4cc(F)c(-c5cc(F)c(C#N)c(F)c5)c(F)c4)cc3)cc2F)cc1. The van der Waals surface area contributed by atoms with Gasteiger partial charge in [0.25, 0.3) is 0 Å². The molecule has 0 aliphatic rings. The molecule has 0 bridgehead atoms. The van der Waals surface area contributed by atoms with Gasteiger partial charge in [0.1, 0.15) is 52.2 Å². The van der Waals surface area contributed by atoms with Crippen LogP contribution in [0.3, 0.4) is 0 Å². The van der Waals surface area contributed by atoms with Crippen molar-refractivity contribution >= 4 is 11.9 Å². The fourth-order valence-corrected chi connectivity index (χ4v) is 5.86. The maximum atomic E-state index is 14.9. The second kappa shape index (κ2) is 18.4. The van der Waals surface area contributed by atoms with E-state index in [1.807, 2.05) is 6.07 Å². The van der Waals surface area contributed by atoms with Crippen molar-refractivity contribution in [3.05, 3.63) is 131 Å². The first kappa shape index (κ1) is 38.9. The Bertz CT molecular complexity index is 2180. The number of halogens is 5. The van der Waals surface area contributed by atoms with Crippen molar-refractivity contribution < 1.29 is 41.0 Å². The smallest absolute Gasteiger partial charge is 0.311 e. The maximum absolute atomic E-state index is 14.9. The van der Waals surface area contributed by atoms with Crippen LogP contribution < -0.4 is 9.47 Å². The molecule has 0 unspecified atom stereocenters. The molecule has 0 saturated heterocycles. The lowest BCUT2D eigenvalue weighted by Gasteiger charge is -2.11. The van der Waals surface area contributed by atoms with Crippen LogP contribution in [0.5, 0.6) is 11.5 Å². The quantitative estimate of drug-likeness (QED) is 0.0459. The van der Waals surface area contributed by atoms with Crippen molar-refractivity contribution in [1.82, 2.24) is 0 Å². The number of nitrogens with zero attached hydrogens (tertiary/aromatic N) is 2. The average Bonchev–Trinajstić information content (AvgIpc) is 3.14. The third kappa shape index (κ3) is 10.2. The zero-order valence-corrected chi connectivity index (χ0v) is 28.9. The van der Waals surface area contributed by atoms with Crippen LogP contribution in [0.4, 0.5) is 22.0 Å². The Balaban J connectivity index is 0.965. The first-order valence-electron chi connectivity index (χ1n) is 17.3. The number of esters is 2. The van der Waals surface area contributed by atoms with Crippen molar-refractivity contribution in [1.29, 1.82) is 10.5 Å². The van der Waals surface area contributed by atoms with Crippen molar-refractivity contribution in [2.75, 3.05) is 0 Å². The molecule has 0 N–H and O–H groups in total. The number of hydrogen-bond acceptors (Lipinski definition) is 6. The highest BCUT2D eigenvalue weighted by Gasteiger charge is 2.19. The Kier molecular flexibility index (Phi) is 13.3. The fraction of sp³-hybridized carbons (Fsp3) is 0.209. The van der Waals surface area contributed by atoms with Crippen molar-refractivity contribution in [3.63, 3.8) is 0 Å². The zero-order chi connectivity index (χ0) is 38.6. The second-order valence-corrected chi connectivity index (χ2v) is 12.5. The summed E-state index contributed by atoms with van der Waals surface area (Å²) in [5, 5.41) is 17.8. The Morgan fingerprint density at radius 1 is 0.481 bits per heavy atom. The number of benzene rings is 5. The number of unbranched alkanes of at least 4 members (excludes halogenated alkanes) is 6. The second-order valence-electron chi connectivity index (χ2n) is 12.5. The van der Waals surface area contributed by atoms with Crippen LogP contribution in [0, 0.1) is 51.7 Å². The Morgan fingerprint density at radius 2 is 0.963 bits per heavy atom. The van der Waals surface area contributed by atoms with Crippen molar-refractivity contribution in [2.24, 2.45) is 0 Å². The van der Waals surface area contributed by atoms with Crippen molar-refractivity contribution in [2.45, 2.75) is 57.8 Å². The molecular formula is C43H33F5N2O4. The highest BCUT2D eigenvalue weighted by molar-refractivity contribution is 5.75. The van der Waals surface area contributed by atoms with E-state index < -0.39 is 52.2 Å².